The van der Waals surface area contributed by atoms with Gasteiger partial charge in [-0.2, -0.15) is 0 Å². The molecule has 3 rings (SSSR count). The van der Waals surface area contributed by atoms with E-state index in [1.54, 1.807) is 0 Å². The summed E-state index contributed by atoms with van der Waals surface area (Å²) in [4.78, 5) is 2.83. The number of nitrogens with zero attached hydrogens (tertiary/aromatic N) is 1. The number of hydrogen-bond acceptors (Lipinski definition) is 2. The van der Waals surface area contributed by atoms with Gasteiger partial charge in [0.05, 0.1) is 0 Å². The summed E-state index contributed by atoms with van der Waals surface area (Å²) in [6.07, 6.45) is 9.97. The van der Waals surface area contributed by atoms with E-state index in [-0.39, 0.29) is 0 Å². The zero-order valence-electron chi connectivity index (χ0n) is 11.5. The van der Waals surface area contributed by atoms with Crippen LogP contribution in [-0.2, 0) is 0 Å². The molecule has 0 aromatic rings. The lowest BCUT2D eigenvalue weighted by molar-refractivity contribution is 0.0457. The van der Waals surface area contributed by atoms with Crippen LogP contribution in [-0.4, -0.2) is 36.1 Å². The Labute approximate surface area is 106 Å². The van der Waals surface area contributed by atoms with Crippen LogP contribution in [0.3, 0.4) is 0 Å². The molecule has 3 unspecified atom stereocenters. The van der Waals surface area contributed by atoms with Crippen LogP contribution in [0.1, 0.15) is 58.8 Å². The quantitative estimate of drug-likeness (QED) is 0.753. The van der Waals surface area contributed by atoms with Crippen LogP contribution in [0, 0.1) is 5.41 Å². The van der Waals surface area contributed by atoms with Crippen molar-refractivity contribution < 1.29 is 0 Å². The van der Waals surface area contributed by atoms with Crippen LogP contribution in [0.2, 0.25) is 0 Å². The molecule has 3 fully saturated rings. The predicted octanol–water partition coefficient (Wildman–Crippen LogP) is 2.78. The highest BCUT2D eigenvalue weighted by Crippen LogP contribution is 2.39. The van der Waals surface area contributed by atoms with E-state index in [2.05, 4.69) is 24.1 Å². The number of rotatable bonds is 1. The second-order valence-electron chi connectivity index (χ2n) is 7.17. The van der Waals surface area contributed by atoms with Crippen molar-refractivity contribution in [1.29, 1.82) is 0 Å². The average molecular weight is 236 g/mol. The molecule has 0 amide bonds. The summed E-state index contributed by atoms with van der Waals surface area (Å²) in [7, 11) is 0. The van der Waals surface area contributed by atoms with Gasteiger partial charge < -0.3 is 5.32 Å². The molecule has 2 nitrogen and oxygen atoms in total. The highest BCUT2D eigenvalue weighted by molar-refractivity contribution is 4.96. The van der Waals surface area contributed by atoms with Crippen LogP contribution < -0.4 is 5.32 Å². The van der Waals surface area contributed by atoms with E-state index in [1.807, 2.05) is 0 Å². The molecule has 2 saturated heterocycles. The average Bonchev–Trinajstić information content (AvgIpc) is 2.59. The highest BCUT2D eigenvalue weighted by atomic mass is 15.2. The van der Waals surface area contributed by atoms with E-state index < -0.39 is 0 Å². The van der Waals surface area contributed by atoms with Crippen molar-refractivity contribution >= 4 is 0 Å². The summed E-state index contributed by atoms with van der Waals surface area (Å²) in [6.45, 7) is 7.63. The minimum atomic E-state index is 0.543. The highest BCUT2D eigenvalue weighted by Gasteiger charge is 2.39. The summed E-state index contributed by atoms with van der Waals surface area (Å²) in [5.74, 6) is 0. The Morgan fingerprint density at radius 1 is 1.00 bits per heavy atom. The van der Waals surface area contributed by atoms with E-state index in [1.165, 1.54) is 58.0 Å². The lowest BCUT2D eigenvalue weighted by Crippen LogP contribution is -2.50. The van der Waals surface area contributed by atoms with E-state index >= 15 is 0 Å². The monoisotopic (exact) mass is 236 g/mol. The topological polar surface area (TPSA) is 15.3 Å². The first-order chi connectivity index (χ1) is 8.15. The van der Waals surface area contributed by atoms with E-state index in [0.29, 0.717) is 5.41 Å². The van der Waals surface area contributed by atoms with Gasteiger partial charge in [-0.3, -0.25) is 4.90 Å². The van der Waals surface area contributed by atoms with Gasteiger partial charge in [-0.1, -0.05) is 26.7 Å². The molecule has 0 aromatic carbocycles. The maximum absolute atomic E-state index is 3.81. The first-order valence-corrected chi connectivity index (χ1v) is 7.65. The van der Waals surface area contributed by atoms with Crippen molar-refractivity contribution in [3.05, 3.63) is 0 Å². The van der Waals surface area contributed by atoms with Crippen molar-refractivity contribution in [2.75, 3.05) is 13.1 Å². The fourth-order valence-electron chi connectivity index (χ4n) is 4.41. The first kappa shape index (κ1) is 12.0. The van der Waals surface area contributed by atoms with Crippen molar-refractivity contribution in [2.45, 2.75) is 76.9 Å². The van der Waals surface area contributed by atoms with Crippen molar-refractivity contribution in [1.82, 2.24) is 10.2 Å². The van der Waals surface area contributed by atoms with Crippen LogP contribution in [0.15, 0.2) is 0 Å². The molecule has 0 aromatic heterocycles. The van der Waals surface area contributed by atoms with Gasteiger partial charge in [0.15, 0.2) is 0 Å². The van der Waals surface area contributed by atoms with Gasteiger partial charge in [0.1, 0.15) is 0 Å². The molecule has 98 valence electrons. The Balaban J connectivity index is 1.70. The molecule has 0 radical (unpaired) electrons. The van der Waals surface area contributed by atoms with Gasteiger partial charge in [0, 0.05) is 24.7 Å². The summed E-state index contributed by atoms with van der Waals surface area (Å²) in [6, 6.07) is 2.47. The normalized spacial score (nSPS) is 42.4. The van der Waals surface area contributed by atoms with Crippen LogP contribution >= 0.6 is 0 Å². The van der Waals surface area contributed by atoms with Gasteiger partial charge in [0.2, 0.25) is 0 Å². The fourth-order valence-corrected chi connectivity index (χ4v) is 4.41. The summed E-state index contributed by atoms with van der Waals surface area (Å²) in [5, 5.41) is 3.81. The third-order valence-electron chi connectivity index (χ3n) is 5.45. The first-order valence-electron chi connectivity index (χ1n) is 7.65. The number of likely N-dealkylation sites (tertiary alicyclic amines) is 1. The van der Waals surface area contributed by atoms with E-state index in [9.17, 15) is 0 Å². The zero-order chi connectivity index (χ0) is 11.9. The van der Waals surface area contributed by atoms with E-state index in [4.69, 9.17) is 0 Å². The molecule has 3 aliphatic rings. The van der Waals surface area contributed by atoms with Crippen LogP contribution in [0.4, 0.5) is 0 Å². The van der Waals surface area contributed by atoms with Crippen molar-refractivity contribution in [3.8, 4) is 0 Å². The van der Waals surface area contributed by atoms with Gasteiger partial charge >= 0.3 is 0 Å². The molecule has 2 heteroatoms. The van der Waals surface area contributed by atoms with Crippen molar-refractivity contribution in [2.24, 2.45) is 5.41 Å². The second-order valence-corrected chi connectivity index (χ2v) is 7.17. The minimum absolute atomic E-state index is 0.543. The molecule has 0 spiro atoms. The molecular formula is C15H28N2. The maximum atomic E-state index is 3.81. The standard InChI is InChI=1S/C15H28N2/c1-15(2)9-4-3-5-14(15)17-10-8-12-6-7-13(11-17)16-12/h12-14,16H,3-11H2,1-2H3. The Kier molecular flexibility index (Phi) is 3.20. The van der Waals surface area contributed by atoms with Crippen LogP contribution in [0.25, 0.3) is 0 Å². The molecule has 17 heavy (non-hydrogen) atoms. The molecule has 1 aliphatic carbocycles. The SMILES string of the molecule is CC1(C)CCCCC1N1CCC2CCC(C1)N2. The minimum Gasteiger partial charge on any atom is -0.310 e. The lowest BCUT2D eigenvalue weighted by atomic mass is 9.72. The Morgan fingerprint density at radius 2 is 1.82 bits per heavy atom. The fraction of sp³-hybridized carbons (Fsp3) is 1.00. The summed E-state index contributed by atoms with van der Waals surface area (Å²) < 4.78 is 0. The maximum Gasteiger partial charge on any atom is 0.0198 e. The second kappa shape index (κ2) is 4.55. The molecule has 2 aliphatic heterocycles. The predicted molar refractivity (Wildman–Crippen MR) is 72.2 cm³/mol. The van der Waals surface area contributed by atoms with Gasteiger partial charge in [0.25, 0.3) is 0 Å². The van der Waals surface area contributed by atoms with Gasteiger partial charge in [-0.25, -0.2) is 0 Å². The van der Waals surface area contributed by atoms with E-state index in [0.717, 1.165) is 18.1 Å². The third-order valence-corrected chi connectivity index (χ3v) is 5.45. The molecule has 3 atom stereocenters. The van der Waals surface area contributed by atoms with Gasteiger partial charge in [-0.15, -0.1) is 0 Å². The molecular weight excluding hydrogens is 208 g/mol. The zero-order valence-corrected chi connectivity index (χ0v) is 11.5. The molecule has 2 heterocycles. The van der Waals surface area contributed by atoms with Crippen molar-refractivity contribution in [3.63, 3.8) is 0 Å². The Morgan fingerprint density at radius 3 is 2.65 bits per heavy atom. The third kappa shape index (κ3) is 2.39. The largest absolute Gasteiger partial charge is 0.310 e. The summed E-state index contributed by atoms with van der Waals surface area (Å²) >= 11 is 0. The summed E-state index contributed by atoms with van der Waals surface area (Å²) in [5.41, 5.74) is 0.543. The van der Waals surface area contributed by atoms with Crippen LogP contribution in [0.5, 0.6) is 0 Å². The molecule has 1 saturated carbocycles. The van der Waals surface area contributed by atoms with Gasteiger partial charge in [-0.05, 0) is 44.1 Å². The number of fused-ring (bicyclic) bond motifs is 2. The lowest BCUT2D eigenvalue weighted by Gasteiger charge is -2.46. The Hall–Kier alpha value is -0.0800. The number of hydrogen-bond donors (Lipinski definition) is 1. The Bertz CT molecular complexity index is 274. The smallest absolute Gasteiger partial charge is 0.0198 e. The molecule has 1 N–H and O–H groups in total. The number of nitrogens with one attached hydrogen (secondary N) is 1. The molecule has 2 bridgehead atoms.